The SMILES string of the molecule is Cn1c2c(c3cccc(CC(C)(C)N)c31)C1CCN2CC1. The number of benzene rings is 1. The zero-order valence-corrected chi connectivity index (χ0v) is 13.3. The van der Waals surface area contributed by atoms with Gasteiger partial charge in [-0.3, -0.25) is 0 Å². The summed E-state index contributed by atoms with van der Waals surface area (Å²) in [7, 11) is 2.23. The second-order valence-corrected chi connectivity index (χ2v) is 7.54. The number of piperidine rings is 1. The van der Waals surface area contributed by atoms with E-state index >= 15 is 0 Å². The number of para-hydroxylation sites is 1. The van der Waals surface area contributed by atoms with Crippen LogP contribution in [0.25, 0.3) is 10.9 Å². The third kappa shape index (κ3) is 1.90. The summed E-state index contributed by atoms with van der Waals surface area (Å²) in [4.78, 5) is 2.58. The molecule has 1 aromatic heterocycles. The lowest BCUT2D eigenvalue weighted by Gasteiger charge is -2.41. The topological polar surface area (TPSA) is 34.2 Å². The minimum Gasteiger partial charge on any atom is -0.358 e. The van der Waals surface area contributed by atoms with Crippen LogP contribution in [0.3, 0.4) is 0 Å². The number of hydrogen-bond acceptors (Lipinski definition) is 2. The Labute approximate surface area is 126 Å². The molecule has 2 bridgehead atoms. The molecule has 0 unspecified atom stereocenters. The van der Waals surface area contributed by atoms with Crippen LogP contribution in [0.2, 0.25) is 0 Å². The molecule has 1 fully saturated rings. The maximum Gasteiger partial charge on any atom is 0.112 e. The maximum absolute atomic E-state index is 6.28. The van der Waals surface area contributed by atoms with Crippen molar-refractivity contribution in [1.82, 2.24) is 4.57 Å². The molecular weight excluding hydrogens is 258 g/mol. The van der Waals surface area contributed by atoms with Crippen LogP contribution in [0.5, 0.6) is 0 Å². The van der Waals surface area contributed by atoms with E-state index < -0.39 is 0 Å². The molecule has 1 aromatic carbocycles. The molecule has 112 valence electrons. The summed E-state index contributed by atoms with van der Waals surface area (Å²) in [6.45, 7) is 6.67. The number of aromatic nitrogens is 1. The molecule has 5 rings (SSSR count). The molecule has 0 radical (unpaired) electrons. The number of nitrogens with two attached hydrogens (primary N) is 1. The van der Waals surface area contributed by atoms with Crippen molar-refractivity contribution in [1.29, 1.82) is 0 Å². The van der Waals surface area contributed by atoms with Crippen molar-refractivity contribution in [2.24, 2.45) is 12.8 Å². The van der Waals surface area contributed by atoms with E-state index in [1.807, 2.05) is 0 Å². The summed E-state index contributed by atoms with van der Waals surface area (Å²) in [6, 6.07) is 6.77. The molecule has 0 saturated carbocycles. The third-order valence-corrected chi connectivity index (χ3v) is 5.15. The predicted octanol–water partition coefficient (Wildman–Crippen LogP) is 3.16. The van der Waals surface area contributed by atoms with Gasteiger partial charge in [-0.25, -0.2) is 0 Å². The van der Waals surface area contributed by atoms with Gasteiger partial charge in [0.1, 0.15) is 5.82 Å². The molecule has 3 aliphatic heterocycles. The molecule has 0 spiro atoms. The number of rotatable bonds is 2. The lowest BCUT2D eigenvalue weighted by molar-refractivity contribution is 0.469. The molecule has 0 amide bonds. The maximum atomic E-state index is 6.28. The molecule has 3 heteroatoms. The van der Waals surface area contributed by atoms with Crippen molar-refractivity contribution in [3.63, 3.8) is 0 Å². The van der Waals surface area contributed by atoms with E-state index in [0.29, 0.717) is 0 Å². The van der Waals surface area contributed by atoms with Crippen molar-refractivity contribution in [3.05, 3.63) is 29.3 Å². The van der Waals surface area contributed by atoms with Crippen molar-refractivity contribution < 1.29 is 0 Å². The standard InChI is InChI=1S/C18H25N3/c1-18(2,19)11-13-5-4-6-14-15-12-7-9-21(10-8-12)17(15)20(3)16(13)14/h4-6,12H,7-11,19H2,1-3H3. The second kappa shape index (κ2) is 4.26. The van der Waals surface area contributed by atoms with E-state index in [1.165, 1.54) is 48.2 Å². The molecule has 2 aromatic rings. The Balaban J connectivity index is 1.98. The highest BCUT2D eigenvalue weighted by Crippen LogP contribution is 2.47. The Morgan fingerprint density at radius 2 is 1.95 bits per heavy atom. The Kier molecular flexibility index (Phi) is 2.68. The lowest BCUT2D eigenvalue weighted by atomic mass is 9.84. The first kappa shape index (κ1) is 13.2. The van der Waals surface area contributed by atoms with Gasteiger partial charge in [-0.1, -0.05) is 18.2 Å². The molecule has 2 N–H and O–H groups in total. The van der Waals surface area contributed by atoms with Crippen LogP contribution in [0, 0.1) is 0 Å². The van der Waals surface area contributed by atoms with Crippen LogP contribution in [-0.2, 0) is 13.5 Å². The first-order valence-corrected chi connectivity index (χ1v) is 8.10. The van der Waals surface area contributed by atoms with Gasteiger partial charge in [0.2, 0.25) is 0 Å². The zero-order valence-electron chi connectivity index (χ0n) is 13.3. The number of nitrogens with zero attached hydrogens (tertiary/aromatic N) is 2. The van der Waals surface area contributed by atoms with E-state index in [4.69, 9.17) is 5.73 Å². The number of hydrogen-bond donors (Lipinski definition) is 1. The highest BCUT2D eigenvalue weighted by molar-refractivity contribution is 5.94. The molecule has 0 aliphatic carbocycles. The Bertz CT molecular complexity index is 697. The van der Waals surface area contributed by atoms with Gasteiger partial charge >= 0.3 is 0 Å². The minimum atomic E-state index is -0.168. The monoisotopic (exact) mass is 283 g/mol. The molecule has 4 heterocycles. The van der Waals surface area contributed by atoms with Crippen LogP contribution >= 0.6 is 0 Å². The average Bonchev–Trinajstić information content (AvgIpc) is 2.76. The van der Waals surface area contributed by atoms with Gasteiger partial charge in [0.05, 0.1) is 5.52 Å². The van der Waals surface area contributed by atoms with Crippen LogP contribution in [-0.4, -0.2) is 23.2 Å². The Morgan fingerprint density at radius 3 is 2.62 bits per heavy atom. The van der Waals surface area contributed by atoms with E-state index in [1.54, 1.807) is 5.56 Å². The van der Waals surface area contributed by atoms with Crippen molar-refractivity contribution in [2.45, 2.75) is 44.6 Å². The molecule has 3 nitrogen and oxygen atoms in total. The molecule has 0 atom stereocenters. The fraction of sp³-hybridized carbons (Fsp3) is 0.556. The first-order chi connectivity index (χ1) is 9.96. The highest BCUT2D eigenvalue weighted by atomic mass is 15.3. The normalized spacial score (nSPS) is 18.6. The molecule has 3 aliphatic rings. The minimum absolute atomic E-state index is 0.168. The Morgan fingerprint density at radius 1 is 1.24 bits per heavy atom. The second-order valence-electron chi connectivity index (χ2n) is 7.54. The van der Waals surface area contributed by atoms with Gasteiger partial charge in [-0.15, -0.1) is 0 Å². The molecular formula is C18H25N3. The van der Waals surface area contributed by atoms with E-state index in [-0.39, 0.29) is 5.54 Å². The fourth-order valence-corrected chi connectivity index (χ4v) is 4.41. The summed E-state index contributed by atoms with van der Waals surface area (Å²) < 4.78 is 2.43. The molecule has 1 saturated heterocycles. The van der Waals surface area contributed by atoms with Gasteiger partial charge in [0, 0.05) is 36.6 Å². The van der Waals surface area contributed by atoms with Crippen LogP contribution in [0.1, 0.15) is 43.7 Å². The Hall–Kier alpha value is -1.48. The summed E-state index contributed by atoms with van der Waals surface area (Å²) in [6.07, 6.45) is 3.56. The number of fused-ring (bicyclic) bond motifs is 3. The van der Waals surface area contributed by atoms with Gasteiger partial charge in [-0.2, -0.15) is 0 Å². The summed E-state index contributed by atoms with van der Waals surface area (Å²) >= 11 is 0. The van der Waals surface area contributed by atoms with Crippen molar-refractivity contribution in [2.75, 3.05) is 18.0 Å². The van der Waals surface area contributed by atoms with E-state index in [2.05, 4.69) is 48.6 Å². The van der Waals surface area contributed by atoms with Gasteiger partial charge < -0.3 is 15.2 Å². The largest absolute Gasteiger partial charge is 0.358 e. The van der Waals surface area contributed by atoms with E-state index in [0.717, 1.165) is 12.3 Å². The fourth-order valence-electron chi connectivity index (χ4n) is 4.41. The van der Waals surface area contributed by atoms with Gasteiger partial charge in [0.25, 0.3) is 0 Å². The molecule has 21 heavy (non-hydrogen) atoms. The van der Waals surface area contributed by atoms with Gasteiger partial charge in [0.15, 0.2) is 0 Å². The zero-order chi connectivity index (χ0) is 14.8. The number of aryl methyl sites for hydroxylation is 1. The lowest BCUT2D eigenvalue weighted by Crippen LogP contribution is -2.39. The first-order valence-electron chi connectivity index (χ1n) is 8.10. The smallest absolute Gasteiger partial charge is 0.112 e. The predicted molar refractivity (Wildman–Crippen MR) is 89.1 cm³/mol. The van der Waals surface area contributed by atoms with Crippen LogP contribution in [0.4, 0.5) is 5.82 Å². The summed E-state index contributed by atoms with van der Waals surface area (Å²) in [5.41, 5.74) is 10.5. The highest BCUT2D eigenvalue weighted by Gasteiger charge is 2.35. The van der Waals surface area contributed by atoms with E-state index in [9.17, 15) is 0 Å². The third-order valence-electron chi connectivity index (χ3n) is 5.15. The van der Waals surface area contributed by atoms with Crippen LogP contribution in [0.15, 0.2) is 18.2 Å². The van der Waals surface area contributed by atoms with Crippen LogP contribution < -0.4 is 10.6 Å². The van der Waals surface area contributed by atoms with Crippen molar-refractivity contribution in [3.8, 4) is 0 Å². The van der Waals surface area contributed by atoms with Gasteiger partial charge in [-0.05, 0) is 44.6 Å². The van der Waals surface area contributed by atoms with Crippen molar-refractivity contribution >= 4 is 16.7 Å². The average molecular weight is 283 g/mol. The summed E-state index contributed by atoms with van der Waals surface area (Å²) in [5.74, 6) is 2.23. The quantitative estimate of drug-likeness (QED) is 0.918. The number of anilines is 1. The summed E-state index contributed by atoms with van der Waals surface area (Å²) in [5, 5.41) is 1.46.